The first-order chi connectivity index (χ1) is 9.60. The van der Waals surface area contributed by atoms with Gasteiger partial charge in [-0.2, -0.15) is 0 Å². The summed E-state index contributed by atoms with van der Waals surface area (Å²) in [6, 6.07) is 0. The Labute approximate surface area is 122 Å². The van der Waals surface area contributed by atoms with Gasteiger partial charge in [0.05, 0.1) is 13.2 Å². The van der Waals surface area contributed by atoms with E-state index in [4.69, 9.17) is 23.7 Å². The lowest BCUT2D eigenvalue weighted by Crippen LogP contribution is -2.62. The molecule has 1 aliphatic carbocycles. The van der Waals surface area contributed by atoms with Crippen LogP contribution >= 0.6 is 0 Å². The Morgan fingerprint density at radius 2 is 1.81 bits per heavy atom. The monoisotopic (exact) mass is 300 g/mol. The normalized spacial score (nSPS) is 43.3. The SMILES string of the molecule is COC(=O)[C@@]12C[C@H]3OC(C)(C)O[C@H]3C(=O)[C@@H]1OC(C)(C)O2. The molecule has 0 radical (unpaired) electrons. The lowest BCUT2D eigenvalue weighted by atomic mass is 9.78. The van der Waals surface area contributed by atoms with Crippen molar-refractivity contribution in [3.05, 3.63) is 0 Å². The third-order valence-corrected chi connectivity index (χ3v) is 4.01. The molecule has 7 nitrogen and oxygen atoms in total. The van der Waals surface area contributed by atoms with Crippen LogP contribution < -0.4 is 0 Å². The van der Waals surface area contributed by atoms with E-state index < -0.39 is 41.5 Å². The molecule has 4 atom stereocenters. The van der Waals surface area contributed by atoms with Crippen LogP contribution in [0, 0.1) is 0 Å². The van der Waals surface area contributed by atoms with Gasteiger partial charge in [0.2, 0.25) is 5.60 Å². The van der Waals surface area contributed by atoms with E-state index in [9.17, 15) is 9.59 Å². The maximum absolute atomic E-state index is 12.7. The fourth-order valence-corrected chi connectivity index (χ4v) is 3.41. The van der Waals surface area contributed by atoms with Gasteiger partial charge in [0.25, 0.3) is 0 Å². The Morgan fingerprint density at radius 1 is 1.14 bits per heavy atom. The van der Waals surface area contributed by atoms with Crippen LogP contribution in [-0.4, -0.2) is 54.3 Å². The summed E-state index contributed by atoms with van der Waals surface area (Å²) in [5, 5.41) is 0. The van der Waals surface area contributed by atoms with Gasteiger partial charge in [-0.15, -0.1) is 0 Å². The molecule has 3 rings (SSSR count). The lowest BCUT2D eigenvalue weighted by molar-refractivity contribution is -0.196. The van der Waals surface area contributed by atoms with Crippen molar-refractivity contribution in [3.8, 4) is 0 Å². The van der Waals surface area contributed by atoms with Crippen molar-refractivity contribution in [1.29, 1.82) is 0 Å². The molecule has 118 valence electrons. The topological polar surface area (TPSA) is 80.3 Å². The lowest BCUT2D eigenvalue weighted by Gasteiger charge is -2.36. The average molecular weight is 300 g/mol. The molecule has 21 heavy (non-hydrogen) atoms. The van der Waals surface area contributed by atoms with Gasteiger partial charge in [0, 0.05) is 6.42 Å². The number of hydrogen-bond acceptors (Lipinski definition) is 7. The number of fused-ring (bicyclic) bond motifs is 2. The van der Waals surface area contributed by atoms with Crippen molar-refractivity contribution in [2.45, 2.75) is 69.6 Å². The van der Waals surface area contributed by atoms with Crippen LogP contribution in [0.4, 0.5) is 0 Å². The number of ketones is 1. The highest BCUT2D eigenvalue weighted by Gasteiger charge is 2.69. The highest BCUT2D eigenvalue weighted by Crippen LogP contribution is 2.48. The molecule has 2 aliphatic heterocycles. The number of Topliss-reactive ketones (excluding diaryl/α,β-unsaturated/α-hetero) is 1. The van der Waals surface area contributed by atoms with Crippen LogP contribution in [0.3, 0.4) is 0 Å². The van der Waals surface area contributed by atoms with Gasteiger partial charge in [-0.3, -0.25) is 4.79 Å². The summed E-state index contributed by atoms with van der Waals surface area (Å²) < 4.78 is 27.7. The van der Waals surface area contributed by atoms with Gasteiger partial charge in [-0.1, -0.05) is 0 Å². The number of rotatable bonds is 1. The van der Waals surface area contributed by atoms with Crippen molar-refractivity contribution >= 4 is 11.8 Å². The summed E-state index contributed by atoms with van der Waals surface area (Å²) >= 11 is 0. The average Bonchev–Trinajstić information content (AvgIpc) is 2.81. The van der Waals surface area contributed by atoms with Crippen LogP contribution in [0.1, 0.15) is 34.1 Å². The molecule has 0 unspecified atom stereocenters. The summed E-state index contributed by atoms with van der Waals surface area (Å²) in [6.45, 7) is 6.77. The standard InChI is InChI=1S/C14H20O7/c1-12(2)18-7-6-14(11(16)17-5)10(8(15)9(7)19-12)20-13(3,4)21-14/h7,9-10H,6H2,1-5H3/t7-,9-,10+,14-/m1/s1. The Kier molecular flexibility index (Phi) is 3.02. The molecule has 3 fully saturated rings. The molecular formula is C14H20O7. The predicted octanol–water partition coefficient (Wildman–Crippen LogP) is 0.543. The molecule has 3 aliphatic rings. The van der Waals surface area contributed by atoms with E-state index in [0.29, 0.717) is 0 Å². The number of esters is 1. The minimum atomic E-state index is -1.47. The van der Waals surface area contributed by atoms with Gasteiger partial charge < -0.3 is 23.7 Å². The summed E-state index contributed by atoms with van der Waals surface area (Å²) in [5.74, 6) is -2.90. The van der Waals surface area contributed by atoms with Crippen LogP contribution in [-0.2, 0) is 33.3 Å². The first kappa shape index (κ1) is 14.9. The first-order valence-corrected chi connectivity index (χ1v) is 6.96. The van der Waals surface area contributed by atoms with E-state index >= 15 is 0 Å². The van der Waals surface area contributed by atoms with Gasteiger partial charge in [-0.05, 0) is 27.7 Å². The maximum atomic E-state index is 12.7. The molecule has 0 aromatic heterocycles. The van der Waals surface area contributed by atoms with Crippen LogP contribution in [0.25, 0.3) is 0 Å². The summed E-state index contributed by atoms with van der Waals surface area (Å²) in [4.78, 5) is 24.9. The molecule has 0 spiro atoms. The van der Waals surface area contributed by atoms with Gasteiger partial charge >= 0.3 is 5.97 Å². The van der Waals surface area contributed by atoms with Crippen molar-refractivity contribution < 1.29 is 33.3 Å². The smallest absolute Gasteiger partial charge is 0.341 e. The minimum Gasteiger partial charge on any atom is -0.467 e. The van der Waals surface area contributed by atoms with Crippen molar-refractivity contribution in [2.24, 2.45) is 0 Å². The van der Waals surface area contributed by atoms with Crippen molar-refractivity contribution in [2.75, 3.05) is 7.11 Å². The van der Waals surface area contributed by atoms with E-state index in [-0.39, 0.29) is 12.2 Å². The Morgan fingerprint density at radius 3 is 2.43 bits per heavy atom. The quantitative estimate of drug-likeness (QED) is 0.654. The molecule has 1 saturated carbocycles. The minimum absolute atomic E-state index is 0.160. The van der Waals surface area contributed by atoms with E-state index in [1.165, 1.54) is 7.11 Å². The number of carbonyl (C=O) groups excluding carboxylic acids is 2. The Bertz CT molecular complexity index is 498. The second-order valence-corrected chi connectivity index (χ2v) is 6.58. The molecule has 2 saturated heterocycles. The van der Waals surface area contributed by atoms with Gasteiger partial charge in [0.15, 0.2) is 23.5 Å². The van der Waals surface area contributed by atoms with E-state index in [2.05, 4.69) is 0 Å². The number of carbonyl (C=O) groups is 2. The molecule has 0 bridgehead atoms. The second-order valence-electron chi connectivity index (χ2n) is 6.58. The molecule has 0 amide bonds. The fraction of sp³-hybridized carbons (Fsp3) is 0.857. The zero-order valence-corrected chi connectivity index (χ0v) is 12.8. The summed E-state index contributed by atoms with van der Waals surface area (Å²) in [5.41, 5.74) is -1.47. The van der Waals surface area contributed by atoms with Crippen LogP contribution in [0.2, 0.25) is 0 Å². The third kappa shape index (κ3) is 2.11. The largest absolute Gasteiger partial charge is 0.467 e. The number of ether oxygens (including phenoxy) is 5. The van der Waals surface area contributed by atoms with E-state index in [0.717, 1.165) is 0 Å². The zero-order chi connectivity index (χ0) is 15.6. The predicted molar refractivity (Wildman–Crippen MR) is 68.2 cm³/mol. The van der Waals surface area contributed by atoms with Gasteiger partial charge in [0.1, 0.15) is 6.10 Å². The Hall–Kier alpha value is -1.02. The molecule has 0 aromatic carbocycles. The molecule has 0 N–H and O–H groups in total. The highest BCUT2D eigenvalue weighted by atomic mass is 16.8. The van der Waals surface area contributed by atoms with Crippen LogP contribution in [0.15, 0.2) is 0 Å². The van der Waals surface area contributed by atoms with Crippen molar-refractivity contribution in [3.63, 3.8) is 0 Å². The Balaban J connectivity index is 2.00. The van der Waals surface area contributed by atoms with E-state index in [1.807, 2.05) is 0 Å². The molecular weight excluding hydrogens is 280 g/mol. The first-order valence-electron chi connectivity index (χ1n) is 6.96. The molecule has 0 aromatic rings. The second kappa shape index (κ2) is 4.25. The zero-order valence-electron chi connectivity index (χ0n) is 12.8. The van der Waals surface area contributed by atoms with Gasteiger partial charge in [-0.25, -0.2) is 4.79 Å². The molecule has 2 heterocycles. The molecule has 7 heteroatoms. The highest BCUT2D eigenvalue weighted by molar-refractivity contribution is 5.98. The van der Waals surface area contributed by atoms with Crippen molar-refractivity contribution in [1.82, 2.24) is 0 Å². The maximum Gasteiger partial charge on any atom is 0.341 e. The third-order valence-electron chi connectivity index (χ3n) is 4.01. The number of methoxy groups -OCH3 is 1. The summed E-state index contributed by atoms with van der Waals surface area (Å²) in [7, 11) is 1.26. The van der Waals surface area contributed by atoms with E-state index in [1.54, 1.807) is 27.7 Å². The van der Waals surface area contributed by atoms with Crippen LogP contribution in [0.5, 0.6) is 0 Å². The fourth-order valence-electron chi connectivity index (χ4n) is 3.41. The summed E-state index contributed by atoms with van der Waals surface area (Å²) in [6.07, 6.45) is -2.19. The number of hydrogen-bond donors (Lipinski definition) is 0.